The molecule has 0 aliphatic carbocycles. The normalized spacial score (nSPS) is 10.5. The minimum atomic E-state index is -2.81. The van der Waals surface area contributed by atoms with Crippen LogP contribution in [0.3, 0.4) is 0 Å². The number of benzene rings is 1. The van der Waals surface area contributed by atoms with Crippen molar-refractivity contribution < 1.29 is 13.5 Å². The zero-order chi connectivity index (χ0) is 9.84. The molecule has 0 saturated carbocycles. The Morgan fingerprint density at radius 3 is 2.69 bits per heavy atom. The van der Waals surface area contributed by atoms with Crippen LogP contribution in [0.2, 0.25) is 0 Å². The van der Waals surface area contributed by atoms with Crippen molar-refractivity contribution in [2.24, 2.45) is 5.73 Å². The minimum absolute atomic E-state index is 0.126. The molecular weight excluding hydrogens is 244 g/mol. The molecule has 13 heavy (non-hydrogen) atoms. The Balaban J connectivity index is 2.92. The van der Waals surface area contributed by atoms with Gasteiger partial charge in [0.2, 0.25) is 0 Å². The smallest absolute Gasteiger partial charge is 0.387 e. The van der Waals surface area contributed by atoms with Gasteiger partial charge in [0.05, 0.1) is 0 Å². The number of alkyl halides is 2. The van der Waals surface area contributed by atoms with Crippen molar-refractivity contribution >= 4 is 15.9 Å². The second-order valence-corrected chi connectivity index (χ2v) is 3.25. The van der Waals surface area contributed by atoms with Crippen molar-refractivity contribution in [2.45, 2.75) is 13.2 Å². The van der Waals surface area contributed by atoms with Crippen LogP contribution in [0.25, 0.3) is 0 Å². The Kier molecular flexibility index (Phi) is 3.62. The summed E-state index contributed by atoms with van der Waals surface area (Å²) in [5.41, 5.74) is 5.90. The number of rotatable bonds is 3. The summed E-state index contributed by atoms with van der Waals surface area (Å²) in [6.07, 6.45) is 0. The molecular formula is C8H8BrF2NO. The number of nitrogens with two attached hydrogens (primary N) is 1. The first-order chi connectivity index (χ1) is 6.13. The average molecular weight is 252 g/mol. The molecule has 0 aromatic heterocycles. The van der Waals surface area contributed by atoms with E-state index in [1.54, 1.807) is 12.1 Å². The van der Waals surface area contributed by atoms with Gasteiger partial charge in [0.25, 0.3) is 0 Å². The van der Waals surface area contributed by atoms with Crippen LogP contribution in [-0.2, 0) is 6.54 Å². The van der Waals surface area contributed by atoms with E-state index in [-0.39, 0.29) is 12.3 Å². The van der Waals surface area contributed by atoms with Gasteiger partial charge in [-0.15, -0.1) is 0 Å². The van der Waals surface area contributed by atoms with Crippen LogP contribution in [0.15, 0.2) is 22.7 Å². The van der Waals surface area contributed by atoms with Gasteiger partial charge in [0, 0.05) is 16.6 Å². The van der Waals surface area contributed by atoms with E-state index in [1.807, 2.05) is 0 Å². The molecule has 0 saturated heterocycles. The molecule has 0 spiro atoms. The number of hydrogen-bond donors (Lipinski definition) is 1. The molecule has 1 aromatic carbocycles. The average Bonchev–Trinajstić information content (AvgIpc) is 2.07. The van der Waals surface area contributed by atoms with Gasteiger partial charge in [-0.3, -0.25) is 0 Å². The van der Waals surface area contributed by atoms with Gasteiger partial charge in [-0.2, -0.15) is 8.78 Å². The van der Waals surface area contributed by atoms with Crippen molar-refractivity contribution in [1.82, 2.24) is 0 Å². The van der Waals surface area contributed by atoms with Gasteiger partial charge in [-0.25, -0.2) is 0 Å². The maximum Gasteiger partial charge on any atom is 0.387 e. The lowest BCUT2D eigenvalue weighted by Gasteiger charge is -2.09. The van der Waals surface area contributed by atoms with E-state index in [2.05, 4.69) is 20.7 Å². The Hall–Kier alpha value is -0.680. The first kappa shape index (κ1) is 10.4. The fraction of sp³-hybridized carbons (Fsp3) is 0.250. The van der Waals surface area contributed by atoms with Gasteiger partial charge in [0.1, 0.15) is 5.75 Å². The minimum Gasteiger partial charge on any atom is -0.434 e. The summed E-state index contributed by atoms with van der Waals surface area (Å²) >= 11 is 3.20. The Morgan fingerprint density at radius 1 is 1.46 bits per heavy atom. The summed E-state index contributed by atoms with van der Waals surface area (Å²) in [6, 6.07) is 4.73. The third-order valence-corrected chi connectivity index (χ3v) is 1.95. The maximum absolute atomic E-state index is 11.9. The second-order valence-electron chi connectivity index (χ2n) is 2.33. The van der Waals surface area contributed by atoms with E-state index >= 15 is 0 Å². The lowest BCUT2D eigenvalue weighted by Crippen LogP contribution is -2.06. The van der Waals surface area contributed by atoms with E-state index in [4.69, 9.17) is 5.73 Å². The number of halogens is 3. The fourth-order valence-electron chi connectivity index (χ4n) is 0.918. The van der Waals surface area contributed by atoms with Crippen molar-refractivity contribution in [2.75, 3.05) is 0 Å². The second kappa shape index (κ2) is 4.53. The molecule has 0 fully saturated rings. The zero-order valence-corrected chi connectivity index (χ0v) is 8.22. The number of ether oxygens (including phenoxy) is 1. The molecule has 1 rings (SSSR count). The van der Waals surface area contributed by atoms with Gasteiger partial charge in [-0.05, 0) is 18.2 Å². The molecule has 2 nitrogen and oxygen atoms in total. The van der Waals surface area contributed by atoms with Gasteiger partial charge in [0.15, 0.2) is 0 Å². The molecule has 0 aliphatic rings. The van der Waals surface area contributed by atoms with Gasteiger partial charge in [-0.1, -0.05) is 15.9 Å². The van der Waals surface area contributed by atoms with Crippen LogP contribution in [-0.4, -0.2) is 6.61 Å². The summed E-state index contributed by atoms with van der Waals surface area (Å²) in [4.78, 5) is 0. The highest BCUT2D eigenvalue weighted by molar-refractivity contribution is 9.10. The predicted octanol–water partition coefficient (Wildman–Crippen LogP) is 2.51. The SMILES string of the molecule is NCc1cc(Br)ccc1OC(F)F. The molecule has 0 atom stereocenters. The van der Waals surface area contributed by atoms with Crippen molar-refractivity contribution in [3.8, 4) is 5.75 Å². The highest BCUT2D eigenvalue weighted by Crippen LogP contribution is 2.24. The standard InChI is InChI=1S/C8H8BrF2NO/c9-6-1-2-7(13-8(10)11)5(3-6)4-12/h1-3,8H,4,12H2. The summed E-state index contributed by atoms with van der Waals surface area (Å²) in [5.74, 6) is 0.126. The third kappa shape index (κ3) is 2.93. The highest BCUT2D eigenvalue weighted by atomic mass is 79.9. The molecule has 0 radical (unpaired) electrons. The molecule has 72 valence electrons. The predicted molar refractivity (Wildman–Crippen MR) is 48.7 cm³/mol. The summed E-state index contributed by atoms with van der Waals surface area (Å²) in [5, 5.41) is 0. The zero-order valence-electron chi connectivity index (χ0n) is 6.64. The van der Waals surface area contributed by atoms with Crippen molar-refractivity contribution in [3.63, 3.8) is 0 Å². The molecule has 0 unspecified atom stereocenters. The topological polar surface area (TPSA) is 35.2 Å². The van der Waals surface area contributed by atoms with Crippen LogP contribution in [0, 0.1) is 0 Å². The molecule has 0 heterocycles. The first-order valence-corrected chi connectivity index (χ1v) is 4.36. The maximum atomic E-state index is 11.9. The molecule has 5 heteroatoms. The summed E-state index contributed by atoms with van der Waals surface area (Å²) in [6.45, 7) is -2.65. The Morgan fingerprint density at radius 2 is 2.15 bits per heavy atom. The largest absolute Gasteiger partial charge is 0.434 e. The van der Waals surface area contributed by atoms with E-state index < -0.39 is 6.61 Å². The summed E-state index contributed by atoms with van der Waals surface area (Å²) < 4.78 is 28.8. The van der Waals surface area contributed by atoms with Crippen LogP contribution >= 0.6 is 15.9 Å². The lowest BCUT2D eigenvalue weighted by atomic mass is 10.2. The van der Waals surface area contributed by atoms with Gasteiger partial charge >= 0.3 is 6.61 Å². The quantitative estimate of drug-likeness (QED) is 0.896. The van der Waals surface area contributed by atoms with Crippen molar-refractivity contribution in [3.05, 3.63) is 28.2 Å². The fourth-order valence-corrected chi connectivity index (χ4v) is 1.33. The van der Waals surface area contributed by atoms with E-state index in [9.17, 15) is 8.78 Å². The van der Waals surface area contributed by atoms with Crippen LogP contribution < -0.4 is 10.5 Å². The number of hydrogen-bond acceptors (Lipinski definition) is 2. The molecule has 0 bridgehead atoms. The van der Waals surface area contributed by atoms with E-state index in [1.165, 1.54) is 6.07 Å². The Bertz CT molecular complexity index is 293. The van der Waals surface area contributed by atoms with Crippen LogP contribution in [0.1, 0.15) is 5.56 Å². The Labute approximate surface area is 82.8 Å². The molecule has 2 N–H and O–H groups in total. The van der Waals surface area contributed by atoms with E-state index in [0.29, 0.717) is 5.56 Å². The van der Waals surface area contributed by atoms with E-state index in [0.717, 1.165) is 4.47 Å². The summed E-state index contributed by atoms with van der Waals surface area (Å²) in [7, 11) is 0. The van der Waals surface area contributed by atoms with Crippen LogP contribution in [0.4, 0.5) is 8.78 Å². The van der Waals surface area contributed by atoms with Crippen LogP contribution in [0.5, 0.6) is 5.75 Å². The first-order valence-electron chi connectivity index (χ1n) is 3.57. The molecule has 1 aromatic rings. The third-order valence-electron chi connectivity index (χ3n) is 1.46. The van der Waals surface area contributed by atoms with Crippen molar-refractivity contribution in [1.29, 1.82) is 0 Å². The highest BCUT2D eigenvalue weighted by Gasteiger charge is 2.08. The monoisotopic (exact) mass is 251 g/mol. The van der Waals surface area contributed by atoms with Gasteiger partial charge < -0.3 is 10.5 Å². The molecule has 0 aliphatic heterocycles. The molecule has 0 amide bonds. The lowest BCUT2D eigenvalue weighted by molar-refractivity contribution is -0.0504.